The van der Waals surface area contributed by atoms with E-state index in [-0.39, 0.29) is 11.7 Å². The SMILES string of the molecule is Cc1cc(C)c(-n2c(-c3ccc(F)c4c3oc3cc(C(C)C)ncc34)nc3ccccc32)c(C)c1. The fourth-order valence-corrected chi connectivity index (χ4v) is 5.20. The maximum atomic E-state index is 15.2. The molecule has 0 aliphatic carbocycles. The second-order valence-corrected chi connectivity index (χ2v) is 9.67. The standard InChI is InChI=1S/C30H26FN3O/c1-16(2)24-14-26-21(15-32-24)27-22(31)11-10-20(29(27)35-26)30-33-23-8-6-7-9-25(23)34(30)28-18(4)12-17(3)13-19(28)5/h6-16H,1-5H3. The van der Waals surface area contributed by atoms with E-state index in [9.17, 15) is 0 Å². The van der Waals surface area contributed by atoms with Gasteiger partial charge in [-0.3, -0.25) is 9.55 Å². The number of imidazole rings is 1. The number of hydrogen-bond donors (Lipinski definition) is 0. The van der Waals surface area contributed by atoms with Gasteiger partial charge in [-0.05, 0) is 62.1 Å². The van der Waals surface area contributed by atoms with E-state index in [2.05, 4.69) is 62.4 Å². The Kier molecular flexibility index (Phi) is 4.78. The maximum Gasteiger partial charge on any atom is 0.149 e. The molecule has 0 atom stereocenters. The van der Waals surface area contributed by atoms with Crippen molar-refractivity contribution in [2.75, 3.05) is 0 Å². The Morgan fingerprint density at radius 1 is 0.943 bits per heavy atom. The van der Waals surface area contributed by atoms with Crippen LogP contribution in [0.2, 0.25) is 0 Å². The van der Waals surface area contributed by atoms with Crippen LogP contribution in [-0.2, 0) is 0 Å². The van der Waals surface area contributed by atoms with Crippen molar-refractivity contribution >= 4 is 33.0 Å². The molecule has 174 valence electrons. The average Bonchev–Trinajstić information content (AvgIpc) is 3.38. The second-order valence-electron chi connectivity index (χ2n) is 9.67. The zero-order valence-corrected chi connectivity index (χ0v) is 20.5. The van der Waals surface area contributed by atoms with Crippen molar-refractivity contribution in [1.29, 1.82) is 0 Å². The molecule has 3 heterocycles. The molecule has 35 heavy (non-hydrogen) atoms. The van der Waals surface area contributed by atoms with Crippen molar-refractivity contribution < 1.29 is 8.81 Å². The van der Waals surface area contributed by atoms with Crippen molar-refractivity contribution in [3.05, 3.63) is 89.0 Å². The predicted octanol–water partition coefficient (Wildman–Crippen LogP) is 8.17. The second kappa shape index (κ2) is 7.77. The molecule has 0 fully saturated rings. The van der Waals surface area contributed by atoms with Gasteiger partial charge in [0.25, 0.3) is 0 Å². The summed E-state index contributed by atoms with van der Waals surface area (Å²) in [6, 6.07) is 17.6. The number of halogens is 1. The first-order valence-electron chi connectivity index (χ1n) is 11.9. The summed E-state index contributed by atoms with van der Waals surface area (Å²) in [4.78, 5) is 9.58. The Morgan fingerprint density at radius 3 is 2.43 bits per heavy atom. The molecule has 5 heteroatoms. The van der Waals surface area contributed by atoms with Gasteiger partial charge in [-0.1, -0.05) is 43.7 Å². The molecule has 0 bridgehead atoms. The van der Waals surface area contributed by atoms with Crippen LogP contribution in [0.5, 0.6) is 0 Å². The van der Waals surface area contributed by atoms with Crippen molar-refractivity contribution in [1.82, 2.24) is 14.5 Å². The average molecular weight is 464 g/mol. The van der Waals surface area contributed by atoms with Crippen LogP contribution in [0.3, 0.4) is 0 Å². The molecule has 0 unspecified atom stereocenters. The van der Waals surface area contributed by atoms with Crippen LogP contribution in [0.4, 0.5) is 4.39 Å². The van der Waals surface area contributed by atoms with Gasteiger partial charge in [-0.15, -0.1) is 0 Å². The molecule has 4 nitrogen and oxygen atoms in total. The number of aryl methyl sites for hydroxylation is 3. The number of nitrogens with zero attached hydrogens (tertiary/aromatic N) is 3. The third-order valence-corrected chi connectivity index (χ3v) is 6.73. The van der Waals surface area contributed by atoms with E-state index >= 15 is 4.39 Å². The van der Waals surface area contributed by atoms with Crippen molar-refractivity contribution in [3.8, 4) is 17.1 Å². The topological polar surface area (TPSA) is 43.9 Å². The Balaban J connectivity index is 1.73. The molecule has 6 aromatic rings. The first kappa shape index (κ1) is 21.5. The van der Waals surface area contributed by atoms with Crippen LogP contribution >= 0.6 is 0 Å². The molecule has 0 radical (unpaired) electrons. The molecular formula is C30H26FN3O. The van der Waals surface area contributed by atoms with E-state index in [1.54, 1.807) is 12.3 Å². The molecular weight excluding hydrogens is 437 g/mol. The summed E-state index contributed by atoms with van der Waals surface area (Å²) in [5, 5.41) is 1.12. The lowest BCUT2D eigenvalue weighted by atomic mass is 10.0. The highest BCUT2D eigenvalue weighted by molar-refractivity contribution is 6.09. The summed E-state index contributed by atoms with van der Waals surface area (Å²) in [6.07, 6.45) is 1.72. The monoisotopic (exact) mass is 463 g/mol. The molecule has 0 spiro atoms. The zero-order valence-electron chi connectivity index (χ0n) is 20.5. The fraction of sp³-hybridized carbons (Fsp3) is 0.200. The van der Waals surface area contributed by atoms with Crippen LogP contribution < -0.4 is 0 Å². The van der Waals surface area contributed by atoms with Gasteiger partial charge in [-0.2, -0.15) is 0 Å². The largest absolute Gasteiger partial charge is 0.455 e. The molecule has 6 rings (SSSR count). The molecule has 0 saturated carbocycles. The van der Waals surface area contributed by atoms with Crippen LogP contribution in [0, 0.1) is 26.6 Å². The van der Waals surface area contributed by atoms with Gasteiger partial charge in [0.05, 0.1) is 27.7 Å². The van der Waals surface area contributed by atoms with Crippen LogP contribution in [-0.4, -0.2) is 14.5 Å². The van der Waals surface area contributed by atoms with E-state index in [1.807, 2.05) is 24.3 Å². The summed E-state index contributed by atoms with van der Waals surface area (Å²) >= 11 is 0. The zero-order chi connectivity index (χ0) is 24.4. The van der Waals surface area contributed by atoms with Crippen LogP contribution in [0.15, 0.2) is 65.2 Å². The van der Waals surface area contributed by atoms with Gasteiger partial charge in [0.15, 0.2) is 0 Å². The summed E-state index contributed by atoms with van der Waals surface area (Å²) in [7, 11) is 0. The first-order valence-corrected chi connectivity index (χ1v) is 11.9. The molecule has 0 amide bonds. The molecule has 0 aliphatic heterocycles. The Bertz CT molecular complexity index is 1750. The Morgan fingerprint density at radius 2 is 1.69 bits per heavy atom. The molecule has 3 aromatic heterocycles. The third kappa shape index (κ3) is 3.26. The molecule has 0 aliphatic rings. The van der Waals surface area contributed by atoms with Crippen molar-refractivity contribution in [2.45, 2.75) is 40.5 Å². The predicted molar refractivity (Wildman–Crippen MR) is 140 cm³/mol. The van der Waals surface area contributed by atoms with Gasteiger partial charge in [0, 0.05) is 23.3 Å². The highest BCUT2D eigenvalue weighted by Gasteiger charge is 2.23. The minimum atomic E-state index is -0.327. The van der Waals surface area contributed by atoms with Crippen LogP contribution in [0.25, 0.3) is 50.0 Å². The van der Waals surface area contributed by atoms with Crippen molar-refractivity contribution in [3.63, 3.8) is 0 Å². The Labute approximate surface area is 203 Å². The number of furan rings is 1. The van der Waals surface area contributed by atoms with Crippen molar-refractivity contribution in [2.24, 2.45) is 0 Å². The minimum Gasteiger partial charge on any atom is -0.455 e. The number of pyridine rings is 1. The van der Waals surface area contributed by atoms with E-state index in [4.69, 9.17) is 9.40 Å². The summed E-state index contributed by atoms with van der Waals surface area (Å²) in [5.74, 6) is 0.642. The third-order valence-electron chi connectivity index (χ3n) is 6.73. The normalized spacial score (nSPS) is 12.0. The Hall–Kier alpha value is -3.99. The lowest BCUT2D eigenvalue weighted by Crippen LogP contribution is -2.03. The molecule has 3 aromatic carbocycles. The number of aromatic nitrogens is 3. The fourth-order valence-electron chi connectivity index (χ4n) is 5.20. The summed E-state index contributed by atoms with van der Waals surface area (Å²) in [5.41, 5.74) is 9.25. The van der Waals surface area contributed by atoms with Gasteiger partial charge >= 0.3 is 0 Å². The number of rotatable bonds is 3. The van der Waals surface area contributed by atoms with Gasteiger partial charge in [-0.25, -0.2) is 9.37 Å². The lowest BCUT2D eigenvalue weighted by Gasteiger charge is -2.16. The number of fused-ring (bicyclic) bond motifs is 4. The highest BCUT2D eigenvalue weighted by Crippen LogP contribution is 2.40. The van der Waals surface area contributed by atoms with Gasteiger partial charge in [0.2, 0.25) is 0 Å². The maximum absolute atomic E-state index is 15.2. The minimum absolute atomic E-state index is 0.244. The van der Waals surface area contributed by atoms with Gasteiger partial charge in [0.1, 0.15) is 22.8 Å². The number of para-hydroxylation sites is 2. The van der Waals surface area contributed by atoms with E-state index in [0.29, 0.717) is 21.9 Å². The number of benzene rings is 3. The quantitative estimate of drug-likeness (QED) is 0.266. The smallest absolute Gasteiger partial charge is 0.149 e. The van der Waals surface area contributed by atoms with E-state index < -0.39 is 0 Å². The molecule has 0 saturated heterocycles. The van der Waals surface area contributed by atoms with Crippen LogP contribution in [0.1, 0.15) is 42.1 Å². The first-order chi connectivity index (χ1) is 16.8. The summed E-state index contributed by atoms with van der Waals surface area (Å²) < 4.78 is 23.7. The highest BCUT2D eigenvalue weighted by atomic mass is 19.1. The van der Waals surface area contributed by atoms with Gasteiger partial charge < -0.3 is 4.42 Å². The lowest BCUT2D eigenvalue weighted by molar-refractivity contribution is 0.634. The summed E-state index contributed by atoms with van der Waals surface area (Å²) in [6.45, 7) is 10.5. The molecule has 0 N–H and O–H groups in total. The number of hydrogen-bond acceptors (Lipinski definition) is 3. The van der Waals surface area contributed by atoms with E-state index in [0.717, 1.165) is 44.9 Å². The van der Waals surface area contributed by atoms with E-state index in [1.165, 1.54) is 11.6 Å².